The zero-order valence-electron chi connectivity index (χ0n) is 6.33. The van der Waals surface area contributed by atoms with Gasteiger partial charge in [-0.05, 0) is 12.2 Å². The highest BCUT2D eigenvalue weighted by atomic mass is 15.1. The van der Waals surface area contributed by atoms with E-state index in [1.807, 2.05) is 38.6 Å². The summed E-state index contributed by atoms with van der Waals surface area (Å²) in [6, 6.07) is 0. The van der Waals surface area contributed by atoms with Crippen molar-refractivity contribution >= 4 is 0 Å². The molecular formula is C8H12N2. The summed E-state index contributed by atoms with van der Waals surface area (Å²) in [4.78, 5) is 2.05. The summed E-state index contributed by atoms with van der Waals surface area (Å²) >= 11 is 0. The van der Waals surface area contributed by atoms with E-state index in [0.717, 1.165) is 0 Å². The molecule has 0 atom stereocenters. The molecule has 1 N–H and O–H groups in total. The van der Waals surface area contributed by atoms with Gasteiger partial charge in [-0.25, -0.2) is 0 Å². The minimum atomic E-state index is 1.17. The molecule has 0 amide bonds. The van der Waals surface area contributed by atoms with Crippen LogP contribution in [0.2, 0.25) is 0 Å². The SMILES string of the molecule is CN/C=C1/C=CC=CN1C. The van der Waals surface area contributed by atoms with Gasteiger partial charge in [0.15, 0.2) is 0 Å². The van der Waals surface area contributed by atoms with Crippen LogP contribution in [-0.2, 0) is 0 Å². The van der Waals surface area contributed by atoms with Gasteiger partial charge in [-0.2, -0.15) is 0 Å². The molecule has 0 aromatic rings. The van der Waals surface area contributed by atoms with E-state index in [1.165, 1.54) is 5.70 Å². The summed E-state index contributed by atoms with van der Waals surface area (Å²) in [6.07, 6.45) is 10.1. The van der Waals surface area contributed by atoms with Gasteiger partial charge in [0.25, 0.3) is 0 Å². The van der Waals surface area contributed by atoms with Gasteiger partial charge in [0.1, 0.15) is 0 Å². The van der Waals surface area contributed by atoms with E-state index in [1.54, 1.807) is 0 Å². The van der Waals surface area contributed by atoms with Gasteiger partial charge in [-0.1, -0.05) is 6.08 Å². The average molecular weight is 136 g/mol. The average Bonchev–Trinajstić information content (AvgIpc) is 1.94. The molecule has 0 bridgehead atoms. The normalized spacial score (nSPS) is 20.2. The summed E-state index contributed by atoms with van der Waals surface area (Å²) in [6.45, 7) is 0. The van der Waals surface area contributed by atoms with Crippen LogP contribution < -0.4 is 5.32 Å². The highest BCUT2D eigenvalue weighted by molar-refractivity contribution is 5.26. The van der Waals surface area contributed by atoms with E-state index in [0.29, 0.717) is 0 Å². The molecule has 1 rings (SSSR count). The summed E-state index contributed by atoms with van der Waals surface area (Å²) in [5.74, 6) is 0. The van der Waals surface area contributed by atoms with Crippen molar-refractivity contribution in [2.45, 2.75) is 0 Å². The molecule has 0 fully saturated rings. The second kappa shape index (κ2) is 3.11. The molecule has 0 saturated carbocycles. The van der Waals surface area contributed by atoms with Crippen molar-refractivity contribution < 1.29 is 0 Å². The first-order valence-corrected chi connectivity index (χ1v) is 3.30. The third-order valence-corrected chi connectivity index (χ3v) is 1.39. The molecule has 1 aliphatic heterocycles. The van der Waals surface area contributed by atoms with E-state index in [4.69, 9.17) is 0 Å². The van der Waals surface area contributed by atoms with Crippen LogP contribution in [0.25, 0.3) is 0 Å². The van der Waals surface area contributed by atoms with Crippen LogP contribution >= 0.6 is 0 Å². The van der Waals surface area contributed by atoms with Gasteiger partial charge in [0.05, 0.1) is 5.70 Å². The van der Waals surface area contributed by atoms with E-state index in [2.05, 4.69) is 16.3 Å². The molecule has 10 heavy (non-hydrogen) atoms. The Morgan fingerprint density at radius 3 is 2.90 bits per heavy atom. The Labute approximate surface area is 61.5 Å². The van der Waals surface area contributed by atoms with Crippen molar-refractivity contribution in [1.82, 2.24) is 10.2 Å². The van der Waals surface area contributed by atoms with Gasteiger partial charge in [-0.15, -0.1) is 0 Å². The van der Waals surface area contributed by atoms with Crippen molar-refractivity contribution in [2.75, 3.05) is 14.1 Å². The third kappa shape index (κ3) is 1.41. The lowest BCUT2D eigenvalue weighted by Crippen LogP contribution is -2.12. The second-order valence-electron chi connectivity index (χ2n) is 2.17. The molecule has 2 heteroatoms. The monoisotopic (exact) mass is 136 g/mol. The minimum absolute atomic E-state index is 1.17. The van der Waals surface area contributed by atoms with Gasteiger partial charge >= 0.3 is 0 Å². The number of rotatable bonds is 1. The van der Waals surface area contributed by atoms with E-state index < -0.39 is 0 Å². The lowest BCUT2D eigenvalue weighted by atomic mass is 10.3. The van der Waals surface area contributed by atoms with Crippen LogP contribution in [0.15, 0.2) is 36.3 Å². The highest BCUT2D eigenvalue weighted by Crippen LogP contribution is 2.07. The molecule has 0 spiro atoms. The van der Waals surface area contributed by atoms with Crippen LogP contribution in [0.4, 0.5) is 0 Å². The fourth-order valence-electron chi connectivity index (χ4n) is 0.834. The first-order chi connectivity index (χ1) is 4.84. The predicted octanol–water partition coefficient (Wildman–Crippen LogP) is 1.06. The van der Waals surface area contributed by atoms with Crippen LogP contribution in [0, 0.1) is 0 Å². The first-order valence-electron chi connectivity index (χ1n) is 3.30. The van der Waals surface area contributed by atoms with Crippen LogP contribution in [0.1, 0.15) is 0 Å². The van der Waals surface area contributed by atoms with Gasteiger partial charge < -0.3 is 10.2 Å². The fourth-order valence-corrected chi connectivity index (χ4v) is 0.834. The second-order valence-corrected chi connectivity index (χ2v) is 2.17. The Kier molecular flexibility index (Phi) is 2.15. The smallest absolute Gasteiger partial charge is 0.0562 e. The zero-order chi connectivity index (χ0) is 7.40. The molecule has 0 aliphatic carbocycles. The van der Waals surface area contributed by atoms with E-state index in [9.17, 15) is 0 Å². The number of likely N-dealkylation sites (N-methyl/N-ethyl adjacent to an activating group) is 1. The standard InChI is InChI=1S/C8H12N2/c1-9-7-8-5-3-4-6-10(8)2/h3-7,9H,1-2H3/b8-7-. The number of hydrogen-bond acceptors (Lipinski definition) is 2. The Balaban J connectivity index is 2.70. The largest absolute Gasteiger partial charge is 0.392 e. The summed E-state index contributed by atoms with van der Waals surface area (Å²) in [5.41, 5.74) is 1.17. The van der Waals surface area contributed by atoms with Gasteiger partial charge in [0, 0.05) is 26.5 Å². The number of hydrogen-bond donors (Lipinski definition) is 1. The highest BCUT2D eigenvalue weighted by Gasteiger charge is 1.97. The zero-order valence-corrected chi connectivity index (χ0v) is 6.33. The Morgan fingerprint density at radius 2 is 2.30 bits per heavy atom. The summed E-state index contributed by atoms with van der Waals surface area (Å²) in [7, 11) is 3.91. The van der Waals surface area contributed by atoms with Crippen molar-refractivity contribution in [1.29, 1.82) is 0 Å². The van der Waals surface area contributed by atoms with Gasteiger partial charge in [0.2, 0.25) is 0 Å². The predicted molar refractivity (Wildman–Crippen MR) is 43.2 cm³/mol. The van der Waals surface area contributed by atoms with Crippen LogP contribution in [0.3, 0.4) is 0 Å². The maximum atomic E-state index is 2.98. The van der Waals surface area contributed by atoms with Crippen LogP contribution in [-0.4, -0.2) is 19.0 Å². The van der Waals surface area contributed by atoms with Crippen molar-refractivity contribution in [3.05, 3.63) is 36.3 Å². The number of nitrogens with zero attached hydrogens (tertiary/aromatic N) is 1. The molecule has 0 aromatic heterocycles. The Bertz CT molecular complexity index is 189. The Morgan fingerprint density at radius 1 is 1.50 bits per heavy atom. The lowest BCUT2D eigenvalue weighted by Gasteiger charge is -2.17. The molecule has 0 unspecified atom stereocenters. The summed E-state index contributed by atoms with van der Waals surface area (Å²) in [5, 5.41) is 2.98. The summed E-state index contributed by atoms with van der Waals surface area (Å²) < 4.78 is 0. The maximum absolute atomic E-state index is 2.98. The number of nitrogens with one attached hydrogen (secondary N) is 1. The Hall–Kier alpha value is -1.18. The third-order valence-electron chi connectivity index (χ3n) is 1.39. The van der Waals surface area contributed by atoms with Crippen molar-refractivity contribution in [3.63, 3.8) is 0 Å². The van der Waals surface area contributed by atoms with E-state index >= 15 is 0 Å². The topological polar surface area (TPSA) is 15.3 Å². The molecule has 0 radical (unpaired) electrons. The fraction of sp³-hybridized carbons (Fsp3) is 0.250. The number of allylic oxidation sites excluding steroid dienone is 3. The first kappa shape index (κ1) is 6.93. The van der Waals surface area contributed by atoms with E-state index in [-0.39, 0.29) is 0 Å². The minimum Gasteiger partial charge on any atom is -0.392 e. The molecule has 0 saturated heterocycles. The quantitative estimate of drug-likeness (QED) is 0.580. The molecule has 1 heterocycles. The van der Waals surface area contributed by atoms with Crippen molar-refractivity contribution in [3.8, 4) is 0 Å². The van der Waals surface area contributed by atoms with Crippen LogP contribution in [0.5, 0.6) is 0 Å². The molecule has 0 aromatic carbocycles. The molecular weight excluding hydrogens is 124 g/mol. The molecule has 1 aliphatic rings. The molecule has 2 nitrogen and oxygen atoms in total. The lowest BCUT2D eigenvalue weighted by molar-refractivity contribution is 0.578. The van der Waals surface area contributed by atoms with Crippen molar-refractivity contribution in [2.24, 2.45) is 0 Å². The maximum Gasteiger partial charge on any atom is 0.0562 e. The molecule has 54 valence electrons. The van der Waals surface area contributed by atoms with Gasteiger partial charge in [-0.3, -0.25) is 0 Å².